The first kappa shape index (κ1) is 15.7. The van der Waals surface area contributed by atoms with Gasteiger partial charge in [0.05, 0.1) is 0 Å². The zero-order chi connectivity index (χ0) is 14.5. The molecule has 1 aromatic carbocycles. The zero-order valence-electron chi connectivity index (χ0n) is 11.7. The van der Waals surface area contributed by atoms with Crippen molar-refractivity contribution in [3.05, 3.63) is 55.9 Å². The minimum absolute atomic E-state index is 0.160. The highest BCUT2D eigenvalue weighted by molar-refractivity contribution is 9.10. The molecule has 0 aliphatic rings. The Balaban J connectivity index is 2.21. The first-order valence-electron chi connectivity index (χ1n) is 6.82. The number of aryl methyl sites for hydroxylation is 1. The molecule has 0 spiro atoms. The van der Waals surface area contributed by atoms with Gasteiger partial charge in [-0.25, -0.2) is 4.39 Å². The summed E-state index contributed by atoms with van der Waals surface area (Å²) in [4.78, 5) is 1.29. The Morgan fingerprint density at radius 2 is 2.15 bits per heavy atom. The Morgan fingerprint density at radius 1 is 1.35 bits per heavy atom. The monoisotopic (exact) mass is 355 g/mol. The Bertz CT molecular complexity index is 567. The molecule has 1 nitrogen and oxygen atoms in total. The standard InChI is InChI=1S/C16H19BrFNS/c1-3-6-19-15(16-9-13(17)10-20-16)8-12-7-14(18)5-4-11(12)2/h4-5,7,9-10,15,19H,3,6,8H2,1-2H3. The molecule has 1 heterocycles. The number of benzene rings is 1. The average molecular weight is 356 g/mol. The smallest absolute Gasteiger partial charge is 0.123 e. The van der Waals surface area contributed by atoms with Gasteiger partial charge in [-0.2, -0.15) is 0 Å². The van der Waals surface area contributed by atoms with Gasteiger partial charge in [0.1, 0.15) is 5.82 Å². The van der Waals surface area contributed by atoms with E-state index in [-0.39, 0.29) is 11.9 Å². The van der Waals surface area contributed by atoms with Gasteiger partial charge in [-0.1, -0.05) is 13.0 Å². The van der Waals surface area contributed by atoms with E-state index in [2.05, 4.69) is 39.6 Å². The maximum Gasteiger partial charge on any atom is 0.123 e. The molecule has 20 heavy (non-hydrogen) atoms. The van der Waals surface area contributed by atoms with Gasteiger partial charge in [0, 0.05) is 20.8 Å². The molecule has 0 bridgehead atoms. The van der Waals surface area contributed by atoms with Gasteiger partial charge < -0.3 is 5.32 Å². The van der Waals surface area contributed by atoms with Crippen LogP contribution in [0.15, 0.2) is 34.1 Å². The normalized spacial score (nSPS) is 12.6. The molecule has 0 amide bonds. The lowest BCUT2D eigenvalue weighted by Gasteiger charge is -2.18. The molecule has 1 N–H and O–H groups in total. The van der Waals surface area contributed by atoms with Gasteiger partial charge >= 0.3 is 0 Å². The molecule has 0 aliphatic heterocycles. The van der Waals surface area contributed by atoms with Gasteiger partial charge in [-0.05, 0) is 71.6 Å². The summed E-state index contributed by atoms with van der Waals surface area (Å²) in [6, 6.07) is 7.42. The molecule has 1 atom stereocenters. The van der Waals surface area contributed by atoms with Gasteiger partial charge in [0.15, 0.2) is 0 Å². The highest BCUT2D eigenvalue weighted by Crippen LogP contribution is 2.29. The molecule has 2 rings (SSSR count). The second-order valence-electron chi connectivity index (χ2n) is 4.95. The lowest BCUT2D eigenvalue weighted by Crippen LogP contribution is -2.23. The third-order valence-electron chi connectivity index (χ3n) is 3.31. The van der Waals surface area contributed by atoms with E-state index in [0.29, 0.717) is 0 Å². The Hall–Kier alpha value is -0.710. The lowest BCUT2D eigenvalue weighted by molar-refractivity contribution is 0.533. The van der Waals surface area contributed by atoms with Crippen molar-refractivity contribution in [3.8, 4) is 0 Å². The molecule has 2 aromatic rings. The molecular weight excluding hydrogens is 337 g/mol. The summed E-state index contributed by atoms with van der Waals surface area (Å²) in [5.41, 5.74) is 2.22. The maximum absolute atomic E-state index is 13.4. The van der Waals surface area contributed by atoms with Crippen LogP contribution in [0.4, 0.5) is 4.39 Å². The van der Waals surface area contributed by atoms with E-state index in [0.717, 1.165) is 35.0 Å². The number of rotatable bonds is 6. The zero-order valence-corrected chi connectivity index (χ0v) is 14.2. The van der Waals surface area contributed by atoms with Crippen molar-refractivity contribution in [2.45, 2.75) is 32.7 Å². The van der Waals surface area contributed by atoms with E-state index in [9.17, 15) is 4.39 Å². The molecule has 0 fully saturated rings. The van der Waals surface area contributed by atoms with Crippen LogP contribution in [0.2, 0.25) is 0 Å². The minimum atomic E-state index is -0.160. The Kier molecular flexibility index (Phi) is 5.75. The summed E-state index contributed by atoms with van der Waals surface area (Å²) in [7, 11) is 0. The Labute approximate surface area is 132 Å². The predicted octanol–water partition coefficient (Wildman–Crippen LogP) is 5.24. The fourth-order valence-corrected chi connectivity index (χ4v) is 3.70. The van der Waals surface area contributed by atoms with Gasteiger partial charge in [0.25, 0.3) is 0 Å². The summed E-state index contributed by atoms with van der Waals surface area (Å²) >= 11 is 5.24. The summed E-state index contributed by atoms with van der Waals surface area (Å²) in [6.07, 6.45) is 1.90. The van der Waals surface area contributed by atoms with Crippen molar-refractivity contribution in [1.29, 1.82) is 0 Å². The molecule has 1 aromatic heterocycles. The van der Waals surface area contributed by atoms with Crippen molar-refractivity contribution in [1.82, 2.24) is 5.32 Å². The summed E-state index contributed by atoms with van der Waals surface area (Å²) in [6.45, 7) is 5.16. The molecule has 0 saturated carbocycles. The predicted molar refractivity (Wildman–Crippen MR) is 87.9 cm³/mol. The van der Waals surface area contributed by atoms with Gasteiger partial charge in [-0.15, -0.1) is 11.3 Å². The van der Waals surface area contributed by atoms with E-state index in [1.807, 2.05) is 13.0 Å². The largest absolute Gasteiger partial charge is 0.309 e. The van der Waals surface area contributed by atoms with Crippen molar-refractivity contribution >= 4 is 27.3 Å². The Morgan fingerprint density at radius 3 is 2.80 bits per heavy atom. The van der Waals surface area contributed by atoms with Crippen LogP contribution < -0.4 is 5.32 Å². The van der Waals surface area contributed by atoms with E-state index in [1.54, 1.807) is 17.4 Å². The topological polar surface area (TPSA) is 12.0 Å². The molecule has 0 radical (unpaired) electrons. The van der Waals surface area contributed by atoms with E-state index in [4.69, 9.17) is 0 Å². The number of hydrogen-bond acceptors (Lipinski definition) is 2. The second kappa shape index (κ2) is 7.34. The number of hydrogen-bond donors (Lipinski definition) is 1. The second-order valence-corrected chi connectivity index (χ2v) is 6.81. The highest BCUT2D eigenvalue weighted by Gasteiger charge is 2.15. The average Bonchev–Trinajstić information content (AvgIpc) is 2.85. The van der Waals surface area contributed by atoms with Crippen LogP contribution in [-0.2, 0) is 6.42 Å². The first-order valence-corrected chi connectivity index (χ1v) is 8.49. The third-order valence-corrected chi connectivity index (χ3v) is 5.11. The first-order chi connectivity index (χ1) is 9.60. The number of halogens is 2. The fourth-order valence-electron chi connectivity index (χ4n) is 2.18. The number of nitrogens with one attached hydrogen (secondary N) is 1. The van der Waals surface area contributed by atoms with Crippen LogP contribution in [-0.4, -0.2) is 6.54 Å². The number of thiophene rings is 1. The molecule has 1 unspecified atom stereocenters. The summed E-state index contributed by atoms with van der Waals surface area (Å²) in [5, 5.41) is 5.65. The van der Waals surface area contributed by atoms with E-state index in [1.165, 1.54) is 10.9 Å². The summed E-state index contributed by atoms with van der Waals surface area (Å²) < 4.78 is 14.5. The SMILES string of the molecule is CCCNC(Cc1cc(F)ccc1C)c1cc(Br)cs1. The maximum atomic E-state index is 13.4. The van der Waals surface area contributed by atoms with Crippen LogP contribution in [0, 0.1) is 12.7 Å². The van der Waals surface area contributed by atoms with Crippen LogP contribution in [0.3, 0.4) is 0 Å². The van der Waals surface area contributed by atoms with Crippen molar-refractivity contribution in [2.24, 2.45) is 0 Å². The molecular formula is C16H19BrFNS. The summed E-state index contributed by atoms with van der Waals surface area (Å²) in [5.74, 6) is -0.160. The fraction of sp³-hybridized carbons (Fsp3) is 0.375. The van der Waals surface area contributed by atoms with Crippen molar-refractivity contribution in [2.75, 3.05) is 6.54 Å². The van der Waals surface area contributed by atoms with E-state index >= 15 is 0 Å². The molecule has 4 heteroatoms. The van der Waals surface area contributed by atoms with Crippen LogP contribution >= 0.6 is 27.3 Å². The quantitative estimate of drug-likeness (QED) is 0.746. The van der Waals surface area contributed by atoms with Gasteiger partial charge in [0.2, 0.25) is 0 Å². The van der Waals surface area contributed by atoms with Crippen LogP contribution in [0.5, 0.6) is 0 Å². The molecule has 0 aliphatic carbocycles. The highest BCUT2D eigenvalue weighted by atomic mass is 79.9. The van der Waals surface area contributed by atoms with Crippen molar-refractivity contribution < 1.29 is 4.39 Å². The van der Waals surface area contributed by atoms with Crippen molar-refractivity contribution in [3.63, 3.8) is 0 Å². The lowest BCUT2D eigenvalue weighted by atomic mass is 10.00. The van der Waals surface area contributed by atoms with Gasteiger partial charge in [-0.3, -0.25) is 0 Å². The third kappa shape index (κ3) is 4.14. The van der Waals surface area contributed by atoms with E-state index < -0.39 is 0 Å². The molecule has 0 saturated heterocycles. The van der Waals surface area contributed by atoms with Crippen LogP contribution in [0.25, 0.3) is 0 Å². The molecule has 108 valence electrons. The van der Waals surface area contributed by atoms with Crippen LogP contribution in [0.1, 0.15) is 35.4 Å². The minimum Gasteiger partial charge on any atom is -0.309 e.